The van der Waals surface area contributed by atoms with Crippen molar-refractivity contribution in [1.82, 2.24) is 4.98 Å². The fourth-order valence-electron chi connectivity index (χ4n) is 1.55. The highest BCUT2D eigenvalue weighted by Crippen LogP contribution is 2.12. The van der Waals surface area contributed by atoms with Crippen molar-refractivity contribution in [1.29, 1.82) is 0 Å². The number of ketones is 1. The maximum Gasteiger partial charge on any atom is 0.182 e. The summed E-state index contributed by atoms with van der Waals surface area (Å²) in [6.07, 6.45) is 2.29. The van der Waals surface area contributed by atoms with E-state index < -0.39 is 0 Å². The second-order valence-electron chi connectivity index (χ2n) is 3.89. The molecule has 88 valence electrons. The minimum absolute atomic E-state index is 0.193. The van der Waals surface area contributed by atoms with Gasteiger partial charge in [0.2, 0.25) is 0 Å². The van der Waals surface area contributed by atoms with Crippen molar-refractivity contribution in [3.8, 4) is 0 Å². The maximum absolute atomic E-state index is 11.0. The summed E-state index contributed by atoms with van der Waals surface area (Å²) in [6.45, 7) is 2.37. The van der Waals surface area contributed by atoms with E-state index in [1.54, 1.807) is 24.5 Å². The van der Waals surface area contributed by atoms with Crippen LogP contribution in [0.15, 0.2) is 35.8 Å². The number of nitrogens with zero attached hydrogens (tertiary/aromatic N) is 1. The van der Waals surface area contributed by atoms with Gasteiger partial charge in [-0.1, -0.05) is 24.3 Å². The minimum atomic E-state index is 0.193. The van der Waals surface area contributed by atoms with Gasteiger partial charge in [-0.05, 0) is 18.1 Å². The average molecular weight is 246 g/mol. The number of hydrogen-bond donors (Lipinski definition) is 1. The van der Waals surface area contributed by atoms with Gasteiger partial charge in [0.15, 0.2) is 5.13 Å². The number of aromatic nitrogens is 1. The molecule has 1 aromatic heterocycles. The average Bonchev–Trinajstić information content (AvgIpc) is 2.80. The van der Waals surface area contributed by atoms with Crippen molar-refractivity contribution in [2.45, 2.75) is 19.9 Å². The minimum Gasteiger partial charge on any atom is -0.357 e. The van der Waals surface area contributed by atoms with Gasteiger partial charge in [-0.2, -0.15) is 0 Å². The van der Waals surface area contributed by atoms with E-state index >= 15 is 0 Å². The number of Topliss-reactive ketones (excluding diaryl/α,β-unsaturated/α-hetero) is 1. The number of benzene rings is 1. The second kappa shape index (κ2) is 5.59. The first-order valence-electron chi connectivity index (χ1n) is 5.44. The number of rotatable bonds is 5. The van der Waals surface area contributed by atoms with Crippen LogP contribution in [0.1, 0.15) is 18.1 Å². The zero-order valence-corrected chi connectivity index (χ0v) is 10.5. The quantitative estimate of drug-likeness (QED) is 0.882. The normalized spacial score (nSPS) is 10.2. The molecule has 4 heteroatoms. The lowest BCUT2D eigenvalue weighted by Gasteiger charge is -2.04. The largest absolute Gasteiger partial charge is 0.357 e. The topological polar surface area (TPSA) is 42.0 Å². The molecule has 3 nitrogen and oxygen atoms in total. The molecule has 0 atom stereocenters. The molecule has 0 saturated carbocycles. The molecule has 0 radical (unpaired) electrons. The predicted molar refractivity (Wildman–Crippen MR) is 70.3 cm³/mol. The Bertz CT molecular complexity index is 477. The zero-order valence-electron chi connectivity index (χ0n) is 9.64. The monoisotopic (exact) mass is 246 g/mol. The number of carbonyl (C=O) groups is 1. The molecule has 17 heavy (non-hydrogen) atoms. The van der Waals surface area contributed by atoms with Crippen LogP contribution in [0.25, 0.3) is 0 Å². The van der Waals surface area contributed by atoms with Crippen molar-refractivity contribution in [2.24, 2.45) is 0 Å². The van der Waals surface area contributed by atoms with E-state index in [2.05, 4.69) is 10.3 Å². The Morgan fingerprint density at radius 2 is 2.00 bits per heavy atom. The molecule has 0 aliphatic heterocycles. The SMILES string of the molecule is CC(=O)Cc1ccc(CNc2nccs2)cc1. The first-order valence-corrected chi connectivity index (χ1v) is 6.32. The molecule has 2 aromatic rings. The van der Waals surface area contributed by atoms with E-state index in [4.69, 9.17) is 0 Å². The zero-order chi connectivity index (χ0) is 12.1. The highest BCUT2D eigenvalue weighted by Gasteiger charge is 1.99. The Balaban J connectivity index is 1.91. The highest BCUT2D eigenvalue weighted by atomic mass is 32.1. The van der Waals surface area contributed by atoms with Crippen LogP contribution in [-0.2, 0) is 17.8 Å². The van der Waals surface area contributed by atoms with Gasteiger partial charge in [0.1, 0.15) is 5.78 Å². The molecule has 0 saturated heterocycles. The van der Waals surface area contributed by atoms with Crippen LogP contribution in [0.4, 0.5) is 5.13 Å². The summed E-state index contributed by atoms with van der Waals surface area (Å²) in [5, 5.41) is 6.11. The third kappa shape index (κ3) is 3.67. The summed E-state index contributed by atoms with van der Waals surface area (Å²) >= 11 is 1.59. The number of nitrogens with one attached hydrogen (secondary N) is 1. The van der Waals surface area contributed by atoms with Crippen LogP contribution >= 0.6 is 11.3 Å². The van der Waals surface area contributed by atoms with Gasteiger partial charge in [-0.3, -0.25) is 4.79 Å². The van der Waals surface area contributed by atoms with Crippen LogP contribution in [0.3, 0.4) is 0 Å². The lowest BCUT2D eigenvalue weighted by atomic mass is 10.1. The Labute approximate surface area is 105 Å². The molecule has 0 aliphatic carbocycles. The summed E-state index contributed by atoms with van der Waals surface area (Å²) in [5.41, 5.74) is 2.25. The third-order valence-electron chi connectivity index (χ3n) is 2.35. The lowest BCUT2D eigenvalue weighted by Crippen LogP contribution is -2.00. The molecule has 1 N–H and O–H groups in total. The van der Waals surface area contributed by atoms with Crippen molar-refractivity contribution in [3.05, 3.63) is 47.0 Å². The van der Waals surface area contributed by atoms with Gasteiger partial charge in [-0.15, -0.1) is 11.3 Å². The van der Waals surface area contributed by atoms with E-state index in [-0.39, 0.29) is 5.78 Å². The summed E-state index contributed by atoms with van der Waals surface area (Å²) in [4.78, 5) is 15.1. The van der Waals surface area contributed by atoms with E-state index in [0.717, 1.165) is 17.2 Å². The molecule has 0 amide bonds. The highest BCUT2D eigenvalue weighted by molar-refractivity contribution is 7.13. The maximum atomic E-state index is 11.0. The molecule has 0 spiro atoms. The van der Waals surface area contributed by atoms with Crippen LogP contribution < -0.4 is 5.32 Å². The third-order valence-corrected chi connectivity index (χ3v) is 3.08. The molecule has 0 bridgehead atoms. The van der Waals surface area contributed by atoms with Crippen LogP contribution in [0.2, 0.25) is 0 Å². The first kappa shape index (κ1) is 11.8. The van der Waals surface area contributed by atoms with Crippen molar-refractivity contribution in [2.75, 3.05) is 5.32 Å². The first-order chi connectivity index (χ1) is 8.24. The Morgan fingerprint density at radius 1 is 1.29 bits per heavy atom. The van der Waals surface area contributed by atoms with Gasteiger partial charge < -0.3 is 5.32 Å². The van der Waals surface area contributed by atoms with Crippen LogP contribution in [-0.4, -0.2) is 10.8 Å². The standard InChI is InChI=1S/C13H14N2OS/c1-10(16)8-11-2-4-12(5-3-11)9-15-13-14-6-7-17-13/h2-7H,8-9H2,1H3,(H,14,15). The van der Waals surface area contributed by atoms with Crippen LogP contribution in [0, 0.1) is 0 Å². The molecule has 1 aromatic carbocycles. The van der Waals surface area contributed by atoms with Crippen LogP contribution in [0.5, 0.6) is 0 Å². The van der Waals surface area contributed by atoms with E-state index in [1.807, 2.05) is 29.6 Å². The van der Waals surface area contributed by atoms with Gasteiger partial charge in [-0.25, -0.2) is 4.98 Å². The van der Waals surface area contributed by atoms with Gasteiger partial charge >= 0.3 is 0 Å². The summed E-state index contributed by atoms with van der Waals surface area (Å²) in [6, 6.07) is 8.08. The Hall–Kier alpha value is -1.68. The summed E-state index contributed by atoms with van der Waals surface area (Å²) < 4.78 is 0. The molecule has 0 fully saturated rings. The van der Waals surface area contributed by atoms with Gasteiger partial charge in [0.05, 0.1) is 0 Å². The molecule has 2 rings (SSSR count). The predicted octanol–water partition coefficient (Wildman–Crippen LogP) is 2.89. The van der Waals surface area contributed by atoms with Crippen molar-refractivity contribution >= 4 is 22.3 Å². The second-order valence-corrected chi connectivity index (χ2v) is 4.78. The smallest absolute Gasteiger partial charge is 0.182 e. The fourth-order valence-corrected chi connectivity index (χ4v) is 2.08. The number of thiazole rings is 1. The molecular weight excluding hydrogens is 232 g/mol. The number of carbonyl (C=O) groups excluding carboxylic acids is 1. The molecule has 1 heterocycles. The molecular formula is C13H14N2OS. The molecule has 0 unspecified atom stereocenters. The molecule has 0 aliphatic rings. The fraction of sp³-hybridized carbons (Fsp3) is 0.231. The number of anilines is 1. The van der Waals surface area contributed by atoms with Gasteiger partial charge in [0.25, 0.3) is 0 Å². The van der Waals surface area contributed by atoms with E-state index in [9.17, 15) is 4.79 Å². The van der Waals surface area contributed by atoms with E-state index in [1.165, 1.54) is 5.56 Å². The van der Waals surface area contributed by atoms with Crippen molar-refractivity contribution in [3.63, 3.8) is 0 Å². The lowest BCUT2D eigenvalue weighted by molar-refractivity contribution is -0.116. The summed E-state index contributed by atoms with van der Waals surface area (Å²) in [7, 11) is 0. The Morgan fingerprint density at radius 3 is 2.59 bits per heavy atom. The van der Waals surface area contributed by atoms with Gasteiger partial charge in [0, 0.05) is 24.5 Å². The summed E-state index contributed by atoms with van der Waals surface area (Å²) in [5.74, 6) is 0.193. The Kier molecular flexibility index (Phi) is 3.88. The number of hydrogen-bond acceptors (Lipinski definition) is 4. The van der Waals surface area contributed by atoms with E-state index in [0.29, 0.717) is 6.42 Å². The van der Waals surface area contributed by atoms with Crippen molar-refractivity contribution < 1.29 is 4.79 Å².